The van der Waals surface area contributed by atoms with Gasteiger partial charge in [0, 0.05) is 12.8 Å². The first-order valence-corrected chi connectivity index (χ1v) is 6.24. The summed E-state index contributed by atoms with van der Waals surface area (Å²) in [5, 5.41) is 18.3. The van der Waals surface area contributed by atoms with Crippen molar-refractivity contribution in [1.82, 2.24) is 15.0 Å². The van der Waals surface area contributed by atoms with E-state index in [9.17, 15) is 5.11 Å². The van der Waals surface area contributed by atoms with Crippen LogP contribution in [0.5, 0.6) is 0 Å². The van der Waals surface area contributed by atoms with E-state index in [1.165, 1.54) is 0 Å². The van der Waals surface area contributed by atoms with E-state index in [-0.39, 0.29) is 5.41 Å². The molecule has 15 heavy (non-hydrogen) atoms. The first-order valence-electron chi connectivity index (χ1n) is 5.08. The largest absolute Gasteiger partial charge is 0.383 e. The van der Waals surface area contributed by atoms with Gasteiger partial charge >= 0.3 is 0 Å². The molecule has 1 atom stereocenters. The second-order valence-corrected chi connectivity index (χ2v) is 6.09. The van der Waals surface area contributed by atoms with Gasteiger partial charge in [-0.2, -0.15) is 11.8 Å². The number of thioether (sulfide) groups is 1. The molecule has 5 heteroatoms. The van der Waals surface area contributed by atoms with Crippen LogP contribution in [0.3, 0.4) is 0 Å². The van der Waals surface area contributed by atoms with Crippen LogP contribution in [0.15, 0.2) is 6.20 Å². The average Bonchev–Trinajstić information content (AvgIpc) is 2.49. The van der Waals surface area contributed by atoms with Crippen molar-refractivity contribution in [2.45, 2.75) is 25.9 Å². The Morgan fingerprint density at radius 1 is 1.47 bits per heavy atom. The van der Waals surface area contributed by atoms with Crippen LogP contribution in [0.25, 0.3) is 0 Å². The second kappa shape index (κ2) is 3.49. The van der Waals surface area contributed by atoms with Crippen LogP contribution in [-0.2, 0) is 12.6 Å². The Morgan fingerprint density at radius 2 is 2.20 bits per heavy atom. The highest BCUT2D eigenvalue weighted by Crippen LogP contribution is 2.43. The Morgan fingerprint density at radius 3 is 2.73 bits per heavy atom. The van der Waals surface area contributed by atoms with E-state index in [4.69, 9.17) is 0 Å². The van der Waals surface area contributed by atoms with E-state index in [2.05, 4.69) is 24.2 Å². The highest BCUT2D eigenvalue weighted by Gasteiger charge is 2.42. The van der Waals surface area contributed by atoms with Gasteiger partial charge in [0.2, 0.25) is 0 Å². The molecule has 0 radical (unpaired) electrons. The normalized spacial score (nSPS) is 30.4. The number of rotatable bonds is 1. The molecule has 0 saturated carbocycles. The maximum atomic E-state index is 10.6. The molecule has 0 aliphatic carbocycles. The monoisotopic (exact) mass is 227 g/mol. The van der Waals surface area contributed by atoms with Crippen molar-refractivity contribution in [3.05, 3.63) is 11.9 Å². The van der Waals surface area contributed by atoms with Crippen molar-refractivity contribution in [3.8, 4) is 0 Å². The van der Waals surface area contributed by atoms with Crippen molar-refractivity contribution in [1.29, 1.82) is 0 Å². The van der Waals surface area contributed by atoms with Crippen molar-refractivity contribution in [3.63, 3.8) is 0 Å². The zero-order valence-electron chi connectivity index (χ0n) is 9.40. The molecule has 1 aromatic heterocycles. The predicted molar refractivity (Wildman–Crippen MR) is 60.6 cm³/mol. The Bertz CT molecular complexity index is 363. The molecule has 0 aromatic carbocycles. The fourth-order valence-electron chi connectivity index (χ4n) is 2.27. The molecule has 0 amide bonds. The number of aromatic nitrogens is 3. The van der Waals surface area contributed by atoms with Crippen molar-refractivity contribution >= 4 is 11.8 Å². The molecule has 1 saturated heterocycles. The Labute approximate surface area is 94.1 Å². The van der Waals surface area contributed by atoms with Crippen LogP contribution < -0.4 is 0 Å². The Kier molecular flexibility index (Phi) is 2.55. The van der Waals surface area contributed by atoms with Gasteiger partial charge in [0.1, 0.15) is 5.60 Å². The zero-order chi connectivity index (χ0) is 11.1. The lowest BCUT2D eigenvalue weighted by atomic mass is 9.80. The third-order valence-electron chi connectivity index (χ3n) is 2.80. The van der Waals surface area contributed by atoms with Gasteiger partial charge in [0.05, 0.1) is 11.9 Å². The highest BCUT2D eigenvalue weighted by molar-refractivity contribution is 7.99. The smallest absolute Gasteiger partial charge is 0.117 e. The molecule has 2 heterocycles. The van der Waals surface area contributed by atoms with Crippen molar-refractivity contribution in [2.75, 3.05) is 11.5 Å². The van der Waals surface area contributed by atoms with E-state index in [1.807, 2.05) is 7.05 Å². The number of nitrogens with zero attached hydrogens (tertiary/aromatic N) is 3. The van der Waals surface area contributed by atoms with Gasteiger partial charge < -0.3 is 5.11 Å². The van der Waals surface area contributed by atoms with Gasteiger partial charge in [-0.15, -0.1) is 5.10 Å². The van der Waals surface area contributed by atoms with Crippen molar-refractivity contribution in [2.24, 2.45) is 12.5 Å². The lowest BCUT2D eigenvalue weighted by molar-refractivity contribution is 0.00844. The van der Waals surface area contributed by atoms with E-state index in [0.717, 1.165) is 23.6 Å². The molecular formula is C10H17N3OS. The summed E-state index contributed by atoms with van der Waals surface area (Å²) in [5.41, 5.74) is 0.217. The molecule has 1 aliphatic rings. The van der Waals surface area contributed by atoms with Crippen molar-refractivity contribution < 1.29 is 5.11 Å². The quantitative estimate of drug-likeness (QED) is 0.782. The van der Waals surface area contributed by atoms with Crippen LogP contribution in [0, 0.1) is 5.41 Å². The molecule has 1 fully saturated rings. The summed E-state index contributed by atoms with van der Waals surface area (Å²) in [6.07, 6.45) is 2.44. The average molecular weight is 227 g/mol. The van der Waals surface area contributed by atoms with Crippen LogP contribution in [0.2, 0.25) is 0 Å². The summed E-state index contributed by atoms with van der Waals surface area (Å²) in [6, 6.07) is 0. The molecule has 4 nitrogen and oxygen atoms in total. The first kappa shape index (κ1) is 11.0. The molecule has 1 aliphatic heterocycles. The maximum Gasteiger partial charge on any atom is 0.117 e. The maximum absolute atomic E-state index is 10.6. The fraction of sp³-hybridized carbons (Fsp3) is 0.800. The summed E-state index contributed by atoms with van der Waals surface area (Å²) in [5.74, 6) is 1.83. The second-order valence-electron chi connectivity index (χ2n) is 5.11. The van der Waals surface area contributed by atoms with Gasteiger partial charge in [-0.3, -0.25) is 0 Å². The number of aliphatic hydroxyl groups is 1. The van der Waals surface area contributed by atoms with E-state index in [1.54, 1.807) is 22.6 Å². The summed E-state index contributed by atoms with van der Waals surface area (Å²) < 4.78 is 1.67. The molecule has 0 spiro atoms. The lowest BCUT2D eigenvalue weighted by Crippen LogP contribution is -2.41. The number of hydrogen-bond donors (Lipinski definition) is 1. The Hall–Kier alpha value is -0.550. The third-order valence-corrected chi connectivity index (χ3v) is 4.46. The molecule has 1 unspecified atom stereocenters. The molecule has 0 bridgehead atoms. The van der Waals surface area contributed by atoms with E-state index >= 15 is 0 Å². The van der Waals surface area contributed by atoms with E-state index in [0.29, 0.717) is 0 Å². The molecular weight excluding hydrogens is 210 g/mol. The third kappa shape index (κ3) is 2.03. The number of aryl methyl sites for hydroxylation is 1. The highest BCUT2D eigenvalue weighted by atomic mass is 32.2. The summed E-state index contributed by atoms with van der Waals surface area (Å²) in [7, 11) is 1.83. The van der Waals surface area contributed by atoms with Crippen LogP contribution in [-0.4, -0.2) is 31.6 Å². The molecule has 1 aromatic rings. The summed E-state index contributed by atoms with van der Waals surface area (Å²) >= 11 is 1.80. The van der Waals surface area contributed by atoms with E-state index < -0.39 is 5.60 Å². The van der Waals surface area contributed by atoms with Gasteiger partial charge in [-0.05, 0) is 17.6 Å². The minimum absolute atomic E-state index is 0.169. The zero-order valence-corrected chi connectivity index (χ0v) is 10.2. The standard InChI is InChI=1S/C10H17N3OS/c1-9(2)5-10(14,7-15-6-9)8-4-11-12-13(8)3/h4,14H,5-7H2,1-3H3. The topological polar surface area (TPSA) is 50.9 Å². The predicted octanol–water partition coefficient (Wildman–Crippen LogP) is 1.17. The van der Waals surface area contributed by atoms with Gasteiger partial charge in [-0.1, -0.05) is 19.1 Å². The minimum atomic E-state index is -0.773. The summed E-state index contributed by atoms with van der Waals surface area (Å²) in [4.78, 5) is 0. The van der Waals surface area contributed by atoms with Gasteiger partial charge in [0.15, 0.2) is 0 Å². The van der Waals surface area contributed by atoms with Crippen LogP contribution >= 0.6 is 11.8 Å². The number of hydrogen-bond acceptors (Lipinski definition) is 4. The molecule has 84 valence electrons. The SMILES string of the molecule is Cn1nncc1C1(O)CSCC(C)(C)C1. The fourth-order valence-corrected chi connectivity index (χ4v) is 3.61. The first-order chi connectivity index (χ1) is 6.93. The van der Waals surface area contributed by atoms with Gasteiger partial charge in [-0.25, -0.2) is 4.68 Å². The van der Waals surface area contributed by atoms with Crippen LogP contribution in [0.1, 0.15) is 26.0 Å². The molecule has 1 N–H and O–H groups in total. The molecule has 2 rings (SSSR count). The Balaban J connectivity index is 2.31. The minimum Gasteiger partial charge on any atom is -0.383 e. The lowest BCUT2D eigenvalue weighted by Gasteiger charge is -2.40. The van der Waals surface area contributed by atoms with Crippen LogP contribution in [0.4, 0.5) is 0 Å². The summed E-state index contributed by atoms with van der Waals surface area (Å²) in [6.45, 7) is 4.38. The van der Waals surface area contributed by atoms with Gasteiger partial charge in [0.25, 0.3) is 0 Å².